The Bertz CT molecular complexity index is 565. The molecule has 7 heteroatoms. The quantitative estimate of drug-likeness (QED) is 0.828. The van der Waals surface area contributed by atoms with Crippen molar-refractivity contribution in [1.82, 2.24) is 9.21 Å². The van der Waals surface area contributed by atoms with Gasteiger partial charge in [0.25, 0.3) is 0 Å². The molecule has 1 aliphatic rings. The highest BCUT2D eigenvalue weighted by atomic mass is 32.2. The summed E-state index contributed by atoms with van der Waals surface area (Å²) in [5.74, 6) is 0. The number of ether oxygens (including phenoxy) is 1. The Labute approximate surface area is 119 Å². The van der Waals surface area contributed by atoms with Gasteiger partial charge in [-0.1, -0.05) is 30.3 Å². The van der Waals surface area contributed by atoms with Crippen molar-refractivity contribution in [2.45, 2.75) is 11.9 Å². The van der Waals surface area contributed by atoms with Crippen LogP contribution in [0.1, 0.15) is 5.56 Å². The van der Waals surface area contributed by atoms with Gasteiger partial charge >= 0.3 is 6.09 Å². The van der Waals surface area contributed by atoms with Crippen LogP contribution in [0.15, 0.2) is 30.3 Å². The van der Waals surface area contributed by atoms with E-state index in [-0.39, 0.29) is 19.7 Å². The van der Waals surface area contributed by atoms with Crippen molar-refractivity contribution in [3.05, 3.63) is 35.9 Å². The molecule has 0 radical (unpaired) electrons. The predicted octanol–water partition coefficient (Wildman–Crippen LogP) is 0.899. The third kappa shape index (κ3) is 3.10. The molecule has 1 fully saturated rings. The van der Waals surface area contributed by atoms with E-state index in [2.05, 4.69) is 0 Å². The lowest BCUT2D eigenvalue weighted by Crippen LogP contribution is -2.59. The van der Waals surface area contributed by atoms with E-state index in [4.69, 9.17) is 4.74 Å². The van der Waals surface area contributed by atoms with Gasteiger partial charge in [-0.2, -0.15) is 0 Å². The Kier molecular flexibility index (Phi) is 4.29. The Balaban J connectivity index is 1.80. The molecular formula is C13H18N2O4S. The monoisotopic (exact) mass is 298 g/mol. The molecule has 0 unspecified atom stereocenters. The van der Waals surface area contributed by atoms with Crippen LogP contribution in [-0.4, -0.2) is 56.2 Å². The molecule has 0 atom stereocenters. The average Bonchev–Trinajstić information content (AvgIpc) is 2.35. The first-order valence-corrected chi connectivity index (χ1v) is 7.78. The fraction of sp³-hybridized carbons (Fsp3) is 0.462. The van der Waals surface area contributed by atoms with E-state index in [0.29, 0.717) is 0 Å². The van der Waals surface area contributed by atoms with E-state index in [1.54, 1.807) is 0 Å². The molecule has 0 aliphatic carbocycles. The van der Waals surface area contributed by atoms with Gasteiger partial charge < -0.3 is 9.64 Å². The van der Waals surface area contributed by atoms with Gasteiger partial charge in [0.05, 0.1) is 0 Å². The Morgan fingerprint density at radius 1 is 1.30 bits per heavy atom. The van der Waals surface area contributed by atoms with Gasteiger partial charge in [0.1, 0.15) is 11.9 Å². The summed E-state index contributed by atoms with van der Waals surface area (Å²) in [6.45, 7) is 0.573. The minimum Gasteiger partial charge on any atom is -0.445 e. The van der Waals surface area contributed by atoms with Crippen molar-refractivity contribution >= 4 is 16.1 Å². The molecule has 1 heterocycles. The molecule has 1 aromatic carbocycles. The van der Waals surface area contributed by atoms with E-state index in [1.807, 2.05) is 30.3 Å². The zero-order valence-electron chi connectivity index (χ0n) is 11.5. The van der Waals surface area contributed by atoms with Gasteiger partial charge in [-0.25, -0.2) is 17.5 Å². The summed E-state index contributed by atoms with van der Waals surface area (Å²) in [7, 11) is -0.306. The van der Waals surface area contributed by atoms with Crippen LogP contribution in [-0.2, 0) is 21.4 Å². The van der Waals surface area contributed by atoms with Crippen molar-refractivity contribution in [1.29, 1.82) is 0 Å². The third-order valence-electron chi connectivity index (χ3n) is 3.24. The molecule has 2 rings (SSSR count). The molecule has 0 N–H and O–H groups in total. The first-order valence-electron chi connectivity index (χ1n) is 6.28. The van der Waals surface area contributed by atoms with E-state index in [1.165, 1.54) is 23.3 Å². The molecule has 0 saturated carbocycles. The van der Waals surface area contributed by atoms with Crippen LogP contribution in [0.4, 0.5) is 4.79 Å². The van der Waals surface area contributed by atoms with E-state index < -0.39 is 21.4 Å². The van der Waals surface area contributed by atoms with Crippen LogP contribution in [0.5, 0.6) is 0 Å². The van der Waals surface area contributed by atoms with Gasteiger partial charge in [-0.15, -0.1) is 0 Å². The lowest BCUT2D eigenvalue weighted by molar-refractivity contribution is 0.0762. The summed E-state index contributed by atoms with van der Waals surface area (Å²) >= 11 is 0. The van der Waals surface area contributed by atoms with Gasteiger partial charge in [0.15, 0.2) is 0 Å². The molecule has 1 aromatic rings. The van der Waals surface area contributed by atoms with Crippen LogP contribution in [0.25, 0.3) is 0 Å². The lowest BCUT2D eigenvalue weighted by Gasteiger charge is -2.38. The molecule has 1 aliphatic heterocycles. The molecule has 1 amide bonds. The van der Waals surface area contributed by atoms with Crippen molar-refractivity contribution in [3.63, 3.8) is 0 Å². The smallest absolute Gasteiger partial charge is 0.410 e. The second-order valence-electron chi connectivity index (χ2n) is 4.89. The first-order chi connectivity index (χ1) is 9.41. The number of carbonyl (C=O) groups excluding carboxylic acids is 1. The number of amides is 1. The van der Waals surface area contributed by atoms with Crippen LogP contribution in [0, 0.1) is 0 Å². The zero-order valence-corrected chi connectivity index (χ0v) is 12.3. The molecule has 0 bridgehead atoms. The number of hydrogen-bond acceptors (Lipinski definition) is 4. The number of nitrogens with zero attached hydrogens (tertiary/aromatic N) is 2. The molecule has 110 valence electrons. The second-order valence-corrected chi connectivity index (χ2v) is 7.32. The second kappa shape index (κ2) is 5.80. The average molecular weight is 298 g/mol. The van der Waals surface area contributed by atoms with Gasteiger partial charge in [-0.05, 0) is 5.56 Å². The molecule has 20 heavy (non-hydrogen) atoms. The van der Waals surface area contributed by atoms with Crippen molar-refractivity contribution in [3.8, 4) is 0 Å². The lowest BCUT2D eigenvalue weighted by atomic mass is 10.2. The Morgan fingerprint density at radius 3 is 2.45 bits per heavy atom. The fourth-order valence-electron chi connectivity index (χ4n) is 1.88. The van der Waals surface area contributed by atoms with Crippen LogP contribution in [0.2, 0.25) is 0 Å². The standard InChI is InChI=1S/C13H18N2O4S/c1-14(2)20(17,18)12-8-15(9-12)13(16)19-10-11-6-4-3-5-7-11/h3-7,12H,8-10H2,1-2H3. The van der Waals surface area contributed by atoms with Crippen LogP contribution >= 0.6 is 0 Å². The maximum atomic E-state index is 11.8. The molecule has 1 saturated heterocycles. The highest BCUT2D eigenvalue weighted by Gasteiger charge is 2.41. The van der Waals surface area contributed by atoms with Crippen LogP contribution in [0.3, 0.4) is 0 Å². The fourth-order valence-corrected chi connectivity index (χ4v) is 3.22. The van der Waals surface area contributed by atoms with Gasteiger partial charge in [0.2, 0.25) is 10.0 Å². The minimum atomic E-state index is -3.29. The zero-order chi connectivity index (χ0) is 14.8. The number of benzene rings is 1. The number of carbonyl (C=O) groups is 1. The predicted molar refractivity (Wildman–Crippen MR) is 74.6 cm³/mol. The Hall–Kier alpha value is -1.60. The topological polar surface area (TPSA) is 66.9 Å². The Morgan fingerprint density at radius 2 is 1.90 bits per heavy atom. The van der Waals surface area contributed by atoms with Crippen LogP contribution < -0.4 is 0 Å². The van der Waals surface area contributed by atoms with Crippen molar-refractivity contribution < 1.29 is 17.9 Å². The number of sulfonamides is 1. The molecule has 0 aromatic heterocycles. The van der Waals surface area contributed by atoms with E-state index in [9.17, 15) is 13.2 Å². The summed E-state index contributed by atoms with van der Waals surface area (Å²) in [5, 5.41) is -0.526. The normalized spacial score (nSPS) is 16.1. The van der Waals surface area contributed by atoms with Gasteiger partial charge in [-0.3, -0.25) is 0 Å². The van der Waals surface area contributed by atoms with E-state index in [0.717, 1.165) is 5.56 Å². The summed E-state index contributed by atoms with van der Waals surface area (Å²) in [6, 6.07) is 9.35. The van der Waals surface area contributed by atoms with Gasteiger partial charge in [0, 0.05) is 27.2 Å². The largest absolute Gasteiger partial charge is 0.445 e. The highest BCUT2D eigenvalue weighted by molar-refractivity contribution is 7.89. The number of hydrogen-bond donors (Lipinski definition) is 0. The van der Waals surface area contributed by atoms with Crippen molar-refractivity contribution in [2.75, 3.05) is 27.2 Å². The maximum absolute atomic E-state index is 11.8. The SMILES string of the molecule is CN(C)S(=O)(=O)C1CN(C(=O)OCc2ccccc2)C1. The minimum absolute atomic E-state index is 0.189. The summed E-state index contributed by atoms with van der Waals surface area (Å²) in [5.41, 5.74) is 0.902. The summed E-state index contributed by atoms with van der Waals surface area (Å²) in [4.78, 5) is 13.1. The molecule has 0 spiro atoms. The van der Waals surface area contributed by atoms with Crippen molar-refractivity contribution in [2.24, 2.45) is 0 Å². The third-order valence-corrected chi connectivity index (χ3v) is 5.40. The maximum Gasteiger partial charge on any atom is 0.410 e. The molecular weight excluding hydrogens is 280 g/mol. The molecule has 6 nitrogen and oxygen atoms in total. The number of likely N-dealkylation sites (tertiary alicyclic amines) is 1. The highest BCUT2D eigenvalue weighted by Crippen LogP contribution is 2.19. The first kappa shape index (κ1) is 14.8. The summed E-state index contributed by atoms with van der Waals surface area (Å²) < 4.78 is 29.9. The summed E-state index contributed by atoms with van der Waals surface area (Å²) in [6.07, 6.45) is -0.473. The number of rotatable bonds is 4. The van der Waals surface area contributed by atoms with E-state index >= 15 is 0 Å².